The van der Waals surface area contributed by atoms with Crippen molar-refractivity contribution in [1.82, 2.24) is 4.90 Å². The fourth-order valence-electron chi connectivity index (χ4n) is 4.22. The highest BCUT2D eigenvalue weighted by Crippen LogP contribution is 2.42. The molecule has 152 valence electrons. The number of hydrogen-bond donors (Lipinski definition) is 1. The second kappa shape index (κ2) is 10.7. The van der Waals surface area contributed by atoms with E-state index in [0.717, 1.165) is 30.7 Å². The van der Waals surface area contributed by atoms with Crippen molar-refractivity contribution < 1.29 is 9.84 Å². The SMILES string of the molecule is COc1cccc([C@@H]2C/C(=C/c3cccc(CO)c3)CC[C@H]2CN(C)C)c1.Cl. The van der Waals surface area contributed by atoms with Gasteiger partial charge in [-0.1, -0.05) is 42.0 Å². The molecule has 0 radical (unpaired) electrons. The van der Waals surface area contributed by atoms with Crippen LogP contribution in [0.5, 0.6) is 5.75 Å². The van der Waals surface area contributed by atoms with Crippen LogP contribution < -0.4 is 4.74 Å². The van der Waals surface area contributed by atoms with E-state index in [2.05, 4.69) is 55.4 Å². The molecule has 0 bridgehead atoms. The molecule has 1 aliphatic rings. The molecule has 2 aromatic rings. The van der Waals surface area contributed by atoms with Crippen molar-refractivity contribution in [2.45, 2.75) is 31.8 Å². The van der Waals surface area contributed by atoms with E-state index in [0.29, 0.717) is 11.8 Å². The van der Waals surface area contributed by atoms with E-state index >= 15 is 0 Å². The molecule has 1 aliphatic carbocycles. The second-order valence-electron chi connectivity index (χ2n) is 7.85. The van der Waals surface area contributed by atoms with Gasteiger partial charge in [-0.2, -0.15) is 0 Å². The Labute approximate surface area is 175 Å². The summed E-state index contributed by atoms with van der Waals surface area (Å²) < 4.78 is 5.46. The van der Waals surface area contributed by atoms with Crippen molar-refractivity contribution >= 4 is 18.5 Å². The van der Waals surface area contributed by atoms with E-state index < -0.39 is 0 Å². The first-order chi connectivity index (χ1) is 13.1. The van der Waals surface area contributed by atoms with Crippen molar-refractivity contribution in [1.29, 1.82) is 0 Å². The third-order valence-electron chi connectivity index (χ3n) is 5.51. The zero-order chi connectivity index (χ0) is 19.2. The molecule has 0 unspecified atom stereocenters. The summed E-state index contributed by atoms with van der Waals surface area (Å²) in [7, 11) is 6.06. The Morgan fingerprint density at radius 2 is 1.93 bits per heavy atom. The van der Waals surface area contributed by atoms with Gasteiger partial charge in [0.2, 0.25) is 0 Å². The topological polar surface area (TPSA) is 32.7 Å². The molecule has 1 saturated carbocycles. The lowest BCUT2D eigenvalue weighted by molar-refractivity contribution is 0.256. The maximum atomic E-state index is 9.39. The Morgan fingerprint density at radius 1 is 1.14 bits per heavy atom. The summed E-state index contributed by atoms with van der Waals surface area (Å²) in [5, 5.41) is 9.39. The number of halogens is 1. The Balaban J connectivity index is 0.00000280. The first-order valence-corrected chi connectivity index (χ1v) is 9.77. The summed E-state index contributed by atoms with van der Waals surface area (Å²) in [4.78, 5) is 2.30. The van der Waals surface area contributed by atoms with Crippen LogP contribution in [0.4, 0.5) is 0 Å². The van der Waals surface area contributed by atoms with Crippen molar-refractivity contribution in [3.8, 4) is 5.75 Å². The molecule has 4 heteroatoms. The molecule has 0 saturated heterocycles. The van der Waals surface area contributed by atoms with Crippen molar-refractivity contribution in [2.24, 2.45) is 5.92 Å². The lowest BCUT2D eigenvalue weighted by Crippen LogP contribution is -2.29. The molecule has 0 heterocycles. The van der Waals surface area contributed by atoms with Gasteiger partial charge in [0, 0.05) is 6.54 Å². The van der Waals surface area contributed by atoms with Gasteiger partial charge in [-0.25, -0.2) is 0 Å². The normalized spacial score (nSPS) is 20.8. The van der Waals surface area contributed by atoms with Crippen LogP contribution >= 0.6 is 12.4 Å². The predicted octanol–water partition coefficient (Wildman–Crippen LogP) is 5.14. The second-order valence-corrected chi connectivity index (χ2v) is 7.85. The predicted molar refractivity (Wildman–Crippen MR) is 119 cm³/mol. The van der Waals surface area contributed by atoms with E-state index in [1.54, 1.807) is 7.11 Å². The maximum Gasteiger partial charge on any atom is 0.119 e. The molecule has 0 spiro atoms. The quantitative estimate of drug-likeness (QED) is 0.727. The Kier molecular flexibility index (Phi) is 8.56. The van der Waals surface area contributed by atoms with E-state index in [4.69, 9.17) is 4.74 Å². The average molecular weight is 402 g/mol. The van der Waals surface area contributed by atoms with Crippen molar-refractivity contribution in [3.63, 3.8) is 0 Å². The monoisotopic (exact) mass is 401 g/mol. The third kappa shape index (κ3) is 5.84. The molecule has 28 heavy (non-hydrogen) atoms. The van der Waals surface area contributed by atoms with Gasteiger partial charge in [0.05, 0.1) is 13.7 Å². The Hall–Kier alpha value is -1.81. The number of allylic oxidation sites excluding steroid dienone is 1. The molecule has 3 nitrogen and oxygen atoms in total. The van der Waals surface area contributed by atoms with Crippen molar-refractivity contribution in [3.05, 3.63) is 70.8 Å². The lowest BCUT2D eigenvalue weighted by Gasteiger charge is -2.35. The van der Waals surface area contributed by atoms with Gasteiger partial charge in [-0.05, 0) is 80.1 Å². The van der Waals surface area contributed by atoms with Gasteiger partial charge in [-0.3, -0.25) is 0 Å². The van der Waals surface area contributed by atoms with E-state index in [-0.39, 0.29) is 19.0 Å². The zero-order valence-electron chi connectivity index (χ0n) is 17.1. The highest BCUT2D eigenvalue weighted by Gasteiger charge is 2.29. The van der Waals surface area contributed by atoms with Crippen LogP contribution in [0.25, 0.3) is 6.08 Å². The standard InChI is InChI=1S/C24H31NO2.ClH/c1-25(2)16-22-11-10-19(12-18-6-4-7-20(13-18)17-26)14-24(22)21-8-5-9-23(15-21)27-3;/h4-9,12-13,15,22,24,26H,10-11,14,16-17H2,1-3H3;1H/b19-12+;/t22-,24-;/m0./s1. The highest BCUT2D eigenvalue weighted by atomic mass is 35.5. The Morgan fingerprint density at radius 3 is 2.64 bits per heavy atom. The molecule has 1 N–H and O–H groups in total. The largest absolute Gasteiger partial charge is 0.497 e. The number of hydrogen-bond acceptors (Lipinski definition) is 3. The molecule has 3 rings (SSSR count). The molecule has 0 amide bonds. The lowest BCUT2D eigenvalue weighted by atomic mass is 9.73. The van der Waals surface area contributed by atoms with Gasteiger partial charge >= 0.3 is 0 Å². The van der Waals surface area contributed by atoms with Gasteiger partial charge < -0.3 is 14.7 Å². The Bertz CT molecular complexity index is 788. The fourth-order valence-corrected chi connectivity index (χ4v) is 4.22. The van der Waals surface area contributed by atoms with Crippen LogP contribution in [-0.2, 0) is 6.61 Å². The molecular weight excluding hydrogens is 370 g/mol. The maximum absolute atomic E-state index is 9.39. The van der Waals surface area contributed by atoms with Gasteiger partial charge in [0.25, 0.3) is 0 Å². The molecule has 2 atom stereocenters. The summed E-state index contributed by atoms with van der Waals surface area (Å²) in [5.74, 6) is 2.08. The minimum atomic E-state index is 0. The molecular formula is C24H32ClNO2. The summed E-state index contributed by atoms with van der Waals surface area (Å²) in [6, 6.07) is 16.8. The average Bonchev–Trinajstić information content (AvgIpc) is 2.69. The summed E-state index contributed by atoms with van der Waals surface area (Å²) >= 11 is 0. The van der Waals surface area contributed by atoms with E-state index in [1.807, 2.05) is 18.2 Å². The number of nitrogens with zero attached hydrogens (tertiary/aromatic N) is 1. The van der Waals surface area contributed by atoms with Gasteiger partial charge in [0.1, 0.15) is 5.75 Å². The summed E-state index contributed by atoms with van der Waals surface area (Å²) in [5.41, 5.74) is 5.02. The fraction of sp³-hybridized carbons (Fsp3) is 0.417. The number of methoxy groups -OCH3 is 1. The number of benzene rings is 2. The number of aliphatic hydroxyl groups is 1. The van der Waals surface area contributed by atoms with Crippen LogP contribution in [0.3, 0.4) is 0 Å². The number of ether oxygens (including phenoxy) is 1. The first kappa shape index (κ1) is 22.5. The molecule has 0 aromatic heterocycles. The first-order valence-electron chi connectivity index (χ1n) is 9.77. The van der Waals surface area contributed by atoms with Crippen molar-refractivity contribution in [2.75, 3.05) is 27.7 Å². The van der Waals surface area contributed by atoms with Crippen LogP contribution in [0.1, 0.15) is 41.9 Å². The smallest absolute Gasteiger partial charge is 0.119 e. The third-order valence-corrected chi connectivity index (χ3v) is 5.51. The van der Waals surface area contributed by atoms with E-state index in [1.165, 1.54) is 23.1 Å². The molecule has 1 fully saturated rings. The number of rotatable bonds is 6. The van der Waals surface area contributed by atoms with Gasteiger partial charge in [-0.15, -0.1) is 12.4 Å². The highest BCUT2D eigenvalue weighted by molar-refractivity contribution is 5.85. The minimum absolute atomic E-state index is 0. The van der Waals surface area contributed by atoms with Gasteiger partial charge in [0.15, 0.2) is 0 Å². The van der Waals surface area contributed by atoms with Crippen LogP contribution in [0.2, 0.25) is 0 Å². The number of aliphatic hydroxyl groups excluding tert-OH is 1. The van der Waals surface area contributed by atoms with E-state index in [9.17, 15) is 5.11 Å². The molecule has 2 aromatic carbocycles. The van der Waals surface area contributed by atoms with Crippen LogP contribution in [0, 0.1) is 5.92 Å². The summed E-state index contributed by atoms with van der Waals surface area (Å²) in [6.45, 7) is 1.20. The van der Waals surface area contributed by atoms with Crippen LogP contribution in [0.15, 0.2) is 54.1 Å². The minimum Gasteiger partial charge on any atom is -0.497 e. The van der Waals surface area contributed by atoms with Crippen LogP contribution in [-0.4, -0.2) is 37.8 Å². The molecule has 0 aliphatic heterocycles. The zero-order valence-corrected chi connectivity index (χ0v) is 17.9. The summed E-state index contributed by atoms with van der Waals surface area (Å²) in [6.07, 6.45) is 5.74.